The van der Waals surface area contributed by atoms with Crippen LogP contribution < -0.4 is 4.74 Å². The van der Waals surface area contributed by atoms with Gasteiger partial charge in [0.2, 0.25) is 0 Å². The Morgan fingerprint density at radius 1 is 0.857 bits per heavy atom. The second-order valence-corrected chi connectivity index (χ2v) is 13.1. The molecule has 0 heterocycles. The van der Waals surface area contributed by atoms with Gasteiger partial charge in [-0.3, -0.25) is 4.79 Å². The van der Waals surface area contributed by atoms with Crippen LogP contribution in [0.4, 0.5) is 0 Å². The number of carbonyl (C=O) groups is 1. The van der Waals surface area contributed by atoms with E-state index >= 15 is 0 Å². The van der Waals surface area contributed by atoms with Crippen LogP contribution in [0.5, 0.6) is 5.75 Å². The van der Waals surface area contributed by atoms with E-state index in [0.717, 1.165) is 0 Å². The van der Waals surface area contributed by atoms with Gasteiger partial charge in [-0.05, 0) is 13.8 Å². The van der Waals surface area contributed by atoms with Gasteiger partial charge in [0, 0.05) is 0 Å². The van der Waals surface area contributed by atoms with Crippen LogP contribution in [0.25, 0.3) is 0 Å². The van der Waals surface area contributed by atoms with Crippen molar-refractivity contribution in [1.82, 2.24) is 0 Å². The van der Waals surface area contributed by atoms with Gasteiger partial charge < -0.3 is 4.74 Å². The second-order valence-electron chi connectivity index (χ2n) is 4.41. The van der Waals surface area contributed by atoms with Crippen molar-refractivity contribution in [3.63, 3.8) is 0 Å². The first-order valence-electron chi connectivity index (χ1n) is 5.12. The zero-order valence-corrected chi connectivity index (χ0v) is 18.9. The van der Waals surface area contributed by atoms with E-state index in [-0.39, 0.29) is 30.9 Å². The monoisotopic (exact) mass is 582 g/mol. The highest BCUT2D eigenvalue weighted by Gasteiger charge is 2.47. The van der Waals surface area contributed by atoms with Crippen molar-refractivity contribution in [3.05, 3.63) is 25.1 Å². The van der Waals surface area contributed by atoms with Gasteiger partial charge in [-0.2, -0.15) is 0 Å². The van der Waals surface area contributed by atoms with E-state index in [2.05, 4.69) is 47.8 Å². The van der Waals surface area contributed by atoms with Crippen molar-refractivity contribution >= 4 is 112 Å². The molecule has 21 heavy (non-hydrogen) atoms. The van der Waals surface area contributed by atoms with Gasteiger partial charge in [0.25, 0.3) is 0 Å². The summed E-state index contributed by atoms with van der Waals surface area (Å²) in [6.07, 6.45) is 0. The van der Waals surface area contributed by atoms with E-state index in [1.165, 1.54) is 0 Å². The Labute approximate surface area is 172 Å². The lowest BCUT2D eigenvalue weighted by Crippen LogP contribution is -2.39. The van der Waals surface area contributed by atoms with Crippen LogP contribution in [0, 0.1) is 5.41 Å². The highest BCUT2D eigenvalue weighted by Crippen LogP contribution is 2.52. The molecule has 1 aromatic carbocycles. The summed E-state index contributed by atoms with van der Waals surface area (Å²) in [7, 11) is 0. The van der Waals surface area contributed by atoms with Crippen LogP contribution in [0.1, 0.15) is 13.8 Å². The van der Waals surface area contributed by atoms with E-state index < -0.39 is 13.5 Å². The molecule has 1 rings (SSSR count). The molecular weight excluding hydrogens is 581 g/mol. The maximum absolute atomic E-state index is 12.3. The number of hydrogen-bond acceptors (Lipinski definition) is 2. The smallest absolute Gasteiger partial charge is 0.320 e. The van der Waals surface area contributed by atoms with Gasteiger partial charge >= 0.3 is 5.97 Å². The van der Waals surface area contributed by atoms with Crippen LogP contribution >= 0.6 is 106 Å². The van der Waals surface area contributed by atoms with Crippen LogP contribution in [0.3, 0.4) is 0 Å². The number of alkyl halides is 3. The molecule has 0 N–H and O–H groups in total. The predicted molar refractivity (Wildman–Crippen MR) is 100 cm³/mol. The Morgan fingerprint density at radius 3 is 1.52 bits per heavy atom. The molecular formula is C11H6Br3Cl5O2. The van der Waals surface area contributed by atoms with Crippen LogP contribution in [-0.2, 0) is 4.79 Å². The van der Waals surface area contributed by atoms with Gasteiger partial charge in [-0.15, -0.1) is 0 Å². The Morgan fingerprint density at radius 2 is 1.19 bits per heavy atom. The van der Waals surface area contributed by atoms with Gasteiger partial charge in [-0.1, -0.05) is 106 Å². The Bertz CT molecular complexity index is 569. The number of halogens is 8. The largest absolute Gasteiger partial charge is 0.423 e. The number of carbonyl (C=O) groups excluding carboxylic acids is 1. The molecule has 0 fully saturated rings. The molecule has 0 bridgehead atoms. The highest BCUT2D eigenvalue weighted by atomic mass is 80.0. The molecule has 0 radical (unpaired) electrons. The van der Waals surface area contributed by atoms with Crippen molar-refractivity contribution in [3.8, 4) is 5.75 Å². The lowest BCUT2D eigenvalue weighted by atomic mass is 9.97. The number of esters is 1. The minimum Gasteiger partial charge on any atom is -0.423 e. The fourth-order valence-electron chi connectivity index (χ4n) is 1.01. The number of rotatable bonds is 2. The number of hydrogen-bond donors (Lipinski definition) is 0. The normalized spacial score (nSPS) is 12.5. The molecule has 118 valence electrons. The molecule has 2 nitrogen and oxygen atoms in total. The van der Waals surface area contributed by atoms with Gasteiger partial charge in [0.05, 0.1) is 20.5 Å². The summed E-state index contributed by atoms with van der Waals surface area (Å²) in [5.41, 5.74) is -1.03. The SMILES string of the molecule is CC(C)(C(=O)Oc1c(Cl)c(Cl)c(Cl)c(Cl)c1Cl)C(Br)(Br)Br. The maximum atomic E-state index is 12.3. The molecule has 0 aliphatic carbocycles. The Balaban J connectivity index is 3.31. The third-order valence-corrected chi connectivity index (χ3v) is 7.80. The topological polar surface area (TPSA) is 26.3 Å². The van der Waals surface area contributed by atoms with Crippen molar-refractivity contribution in [2.45, 2.75) is 16.0 Å². The molecule has 0 amide bonds. The molecule has 1 aromatic rings. The average molecular weight is 587 g/mol. The Hall–Kier alpha value is 1.58. The quantitative estimate of drug-likeness (QED) is 0.117. The summed E-state index contributed by atoms with van der Waals surface area (Å²) < 4.78 is 4.37. The summed E-state index contributed by atoms with van der Waals surface area (Å²) in [5, 5.41) is -0.287. The second kappa shape index (κ2) is 7.22. The average Bonchev–Trinajstić information content (AvgIpc) is 2.37. The standard InChI is InChI=1S/C11H6Br3Cl5O2/c1-10(2,11(12,13)14)9(20)21-8-6(18)4(16)3(15)5(17)7(8)19/h1-2H3. The first kappa shape index (κ1) is 20.6. The van der Waals surface area contributed by atoms with Crippen LogP contribution in [-0.4, -0.2) is 8.11 Å². The van der Waals surface area contributed by atoms with Crippen LogP contribution in [0.15, 0.2) is 0 Å². The minimum absolute atomic E-state index is 0.0109. The fraction of sp³-hybridized carbons (Fsp3) is 0.364. The third-order valence-electron chi connectivity index (χ3n) is 2.58. The summed E-state index contributed by atoms with van der Waals surface area (Å²) in [6, 6.07) is 0. The maximum Gasteiger partial charge on any atom is 0.320 e. The van der Waals surface area contributed by atoms with E-state index in [4.69, 9.17) is 62.7 Å². The summed E-state index contributed by atoms with van der Waals surface area (Å²) in [4.78, 5) is 12.3. The molecule has 0 saturated heterocycles. The molecule has 0 unspecified atom stereocenters. The van der Waals surface area contributed by atoms with Crippen molar-refractivity contribution in [2.24, 2.45) is 5.41 Å². The molecule has 0 spiro atoms. The van der Waals surface area contributed by atoms with E-state index in [1.54, 1.807) is 13.8 Å². The summed E-state index contributed by atoms with van der Waals surface area (Å²) in [6.45, 7) is 3.27. The molecule has 0 atom stereocenters. The molecule has 0 aliphatic rings. The molecule has 10 heteroatoms. The molecule has 0 saturated carbocycles. The van der Waals surface area contributed by atoms with Gasteiger partial charge in [-0.25, -0.2) is 0 Å². The predicted octanol–water partition coefficient (Wildman–Crippen LogP) is 7.72. The minimum atomic E-state index is -1.03. The number of benzene rings is 1. The zero-order chi connectivity index (χ0) is 16.7. The van der Waals surface area contributed by atoms with E-state index in [9.17, 15) is 4.79 Å². The lowest BCUT2D eigenvalue weighted by molar-refractivity contribution is -0.143. The summed E-state index contributed by atoms with van der Waals surface area (Å²) in [5.74, 6) is -0.779. The fourth-order valence-corrected chi connectivity index (χ4v) is 2.69. The first-order valence-corrected chi connectivity index (χ1v) is 9.39. The van der Waals surface area contributed by atoms with Gasteiger partial charge in [0.15, 0.2) is 7.89 Å². The summed E-state index contributed by atoms with van der Waals surface area (Å²) >= 11 is 39.6. The lowest BCUT2D eigenvalue weighted by Gasteiger charge is -2.31. The van der Waals surface area contributed by atoms with Crippen LogP contribution in [0.2, 0.25) is 25.1 Å². The third kappa shape index (κ3) is 4.16. The van der Waals surface area contributed by atoms with E-state index in [1.807, 2.05) is 0 Å². The van der Waals surface area contributed by atoms with Gasteiger partial charge in [0.1, 0.15) is 10.0 Å². The van der Waals surface area contributed by atoms with Crippen molar-refractivity contribution in [2.75, 3.05) is 0 Å². The number of ether oxygens (including phenoxy) is 1. The first-order chi connectivity index (χ1) is 9.32. The Kier molecular flexibility index (Phi) is 7.09. The molecule has 0 aromatic heterocycles. The highest BCUT2D eigenvalue weighted by molar-refractivity contribution is 9.39. The van der Waals surface area contributed by atoms with Crippen molar-refractivity contribution < 1.29 is 9.53 Å². The van der Waals surface area contributed by atoms with E-state index in [0.29, 0.717) is 0 Å². The van der Waals surface area contributed by atoms with Crippen molar-refractivity contribution in [1.29, 1.82) is 0 Å². The zero-order valence-electron chi connectivity index (χ0n) is 10.3. The molecule has 0 aliphatic heterocycles.